The van der Waals surface area contributed by atoms with Crippen LogP contribution in [-0.2, 0) is 9.53 Å². The minimum Gasteiger partial charge on any atom is -0.469 e. The van der Waals surface area contributed by atoms with Crippen LogP contribution in [0.1, 0.15) is 13.3 Å². The molecule has 0 saturated carbocycles. The average Bonchev–Trinajstić information content (AvgIpc) is 2.60. The van der Waals surface area contributed by atoms with E-state index in [1.165, 1.54) is 7.11 Å². The molecule has 0 bridgehead atoms. The van der Waals surface area contributed by atoms with Crippen LogP contribution in [0, 0.1) is 0 Å². The van der Waals surface area contributed by atoms with Gasteiger partial charge in [0.1, 0.15) is 5.82 Å². The minimum atomic E-state index is -0.175. The van der Waals surface area contributed by atoms with Gasteiger partial charge < -0.3 is 9.64 Å². The largest absolute Gasteiger partial charge is 0.469 e. The highest BCUT2D eigenvalue weighted by atomic mass is 35.5. The highest BCUT2D eigenvalue weighted by molar-refractivity contribution is 6.42. The second kappa shape index (κ2) is 7.72. The van der Waals surface area contributed by atoms with E-state index in [9.17, 15) is 4.79 Å². The van der Waals surface area contributed by atoms with Gasteiger partial charge in [0.15, 0.2) is 0 Å². The number of rotatable bonds is 4. The molecule has 0 radical (unpaired) electrons. The van der Waals surface area contributed by atoms with Gasteiger partial charge in [0, 0.05) is 32.2 Å². The third kappa shape index (κ3) is 4.14. The van der Waals surface area contributed by atoms with Crippen molar-refractivity contribution in [3.05, 3.63) is 28.4 Å². The molecular formula is C17H20Cl2N4O2. The zero-order valence-corrected chi connectivity index (χ0v) is 15.7. The van der Waals surface area contributed by atoms with Crippen LogP contribution in [0.15, 0.2) is 18.3 Å². The Morgan fingerprint density at radius 3 is 2.68 bits per heavy atom. The highest BCUT2D eigenvalue weighted by Crippen LogP contribution is 2.27. The molecule has 8 heteroatoms. The van der Waals surface area contributed by atoms with Crippen LogP contribution in [0.25, 0.3) is 11.0 Å². The third-order valence-corrected chi connectivity index (χ3v) is 5.16. The number of ether oxygens (including phenoxy) is 1. The Balaban J connectivity index is 1.71. The first-order valence-electron chi connectivity index (χ1n) is 8.15. The molecule has 0 N–H and O–H groups in total. The standard InChI is InChI=1S/C17H20Cl2N4O2/c1-11-10-22(4-3-17(24)25-2)5-6-23(11)16-9-20-14-7-12(18)13(19)8-15(14)21-16/h7-9,11H,3-6,10H2,1-2H3. The summed E-state index contributed by atoms with van der Waals surface area (Å²) in [6.07, 6.45) is 2.19. The van der Waals surface area contributed by atoms with Gasteiger partial charge in [-0.25, -0.2) is 4.98 Å². The summed E-state index contributed by atoms with van der Waals surface area (Å²) in [6, 6.07) is 3.73. The van der Waals surface area contributed by atoms with Crippen molar-refractivity contribution < 1.29 is 9.53 Å². The number of piperazine rings is 1. The Morgan fingerprint density at radius 1 is 1.28 bits per heavy atom. The number of fused-ring (bicyclic) bond motifs is 1. The topological polar surface area (TPSA) is 58.6 Å². The van der Waals surface area contributed by atoms with Gasteiger partial charge in [-0.15, -0.1) is 0 Å². The lowest BCUT2D eigenvalue weighted by Crippen LogP contribution is -2.52. The van der Waals surface area contributed by atoms with Gasteiger partial charge in [-0.1, -0.05) is 23.2 Å². The van der Waals surface area contributed by atoms with Crippen LogP contribution in [0.4, 0.5) is 5.82 Å². The van der Waals surface area contributed by atoms with E-state index in [4.69, 9.17) is 32.9 Å². The maximum atomic E-state index is 11.3. The zero-order valence-electron chi connectivity index (χ0n) is 14.2. The van der Waals surface area contributed by atoms with E-state index in [2.05, 4.69) is 21.7 Å². The van der Waals surface area contributed by atoms with Gasteiger partial charge in [-0.2, -0.15) is 0 Å². The summed E-state index contributed by atoms with van der Waals surface area (Å²) in [5.41, 5.74) is 1.45. The van der Waals surface area contributed by atoms with Gasteiger partial charge in [0.2, 0.25) is 0 Å². The molecule has 25 heavy (non-hydrogen) atoms. The van der Waals surface area contributed by atoms with Crippen molar-refractivity contribution >= 4 is 46.0 Å². The van der Waals surface area contributed by atoms with E-state index in [1.54, 1.807) is 18.3 Å². The SMILES string of the molecule is COC(=O)CCN1CCN(c2cnc3cc(Cl)c(Cl)cc3n2)C(C)C1. The monoisotopic (exact) mass is 382 g/mol. The van der Waals surface area contributed by atoms with Gasteiger partial charge in [-0.3, -0.25) is 14.7 Å². The first-order chi connectivity index (χ1) is 12.0. The van der Waals surface area contributed by atoms with Crippen molar-refractivity contribution in [1.29, 1.82) is 0 Å². The van der Waals surface area contributed by atoms with Crippen LogP contribution in [-0.4, -0.2) is 60.2 Å². The molecule has 0 spiro atoms. The van der Waals surface area contributed by atoms with Gasteiger partial charge >= 0.3 is 5.97 Å². The molecule has 1 atom stereocenters. The van der Waals surface area contributed by atoms with Crippen molar-refractivity contribution in [1.82, 2.24) is 14.9 Å². The molecule has 0 aliphatic carbocycles. The van der Waals surface area contributed by atoms with E-state index in [-0.39, 0.29) is 12.0 Å². The van der Waals surface area contributed by atoms with Crippen molar-refractivity contribution in [2.75, 3.05) is 38.2 Å². The molecule has 1 aliphatic rings. The van der Waals surface area contributed by atoms with Crippen molar-refractivity contribution in [3.63, 3.8) is 0 Å². The normalized spacial score (nSPS) is 18.6. The summed E-state index contributed by atoms with van der Waals surface area (Å²) in [7, 11) is 1.42. The molecule has 1 aromatic heterocycles. The maximum Gasteiger partial charge on any atom is 0.306 e. The Hall–Kier alpha value is -1.63. The Morgan fingerprint density at radius 2 is 2.00 bits per heavy atom. The van der Waals surface area contributed by atoms with Gasteiger partial charge in [-0.05, 0) is 19.1 Å². The first kappa shape index (κ1) is 18.2. The fourth-order valence-corrected chi connectivity index (χ4v) is 3.38. The summed E-state index contributed by atoms with van der Waals surface area (Å²) < 4.78 is 4.70. The quantitative estimate of drug-likeness (QED) is 0.757. The predicted octanol–water partition coefficient (Wildman–Crippen LogP) is 3.01. The number of methoxy groups -OCH3 is 1. The molecule has 1 fully saturated rings. The number of carbonyl (C=O) groups is 1. The number of benzene rings is 1. The molecule has 1 aliphatic heterocycles. The predicted molar refractivity (Wildman–Crippen MR) is 99.4 cm³/mol. The first-order valence-corrected chi connectivity index (χ1v) is 8.91. The molecule has 2 heterocycles. The van der Waals surface area contributed by atoms with Crippen LogP contribution in [0.2, 0.25) is 10.0 Å². The molecule has 6 nitrogen and oxygen atoms in total. The number of esters is 1. The summed E-state index contributed by atoms with van der Waals surface area (Å²) in [5.74, 6) is 0.650. The lowest BCUT2D eigenvalue weighted by molar-refractivity contribution is -0.141. The van der Waals surface area contributed by atoms with Gasteiger partial charge in [0.05, 0.1) is 40.8 Å². The number of nitrogens with zero attached hydrogens (tertiary/aromatic N) is 4. The Labute approximate surface area is 156 Å². The van der Waals surface area contributed by atoms with Crippen molar-refractivity contribution in [2.45, 2.75) is 19.4 Å². The molecule has 2 aromatic rings. The number of anilines is 1. The lowest BCUT2D eigenvalue weighted by Gasteiger charge is -2.40. The third-order valence-electron chi connectivity index (χ3n) is 4.44. The average molecular weight is 383 g/mol. The van der Waals surface area contributed by atoms with E-state index in [0.717, 1.165) is 36.5 Å². The fourth-order valence-electron chi connectivity index (χ4n) is 3.06. The van der Waals surface area contributed by atoms with E-state index in [1.807, 2.05) is 0 Å². The smallest absolute Gasteiger partial charge is 0.306 e. The second-order valence-corrected chi connectivity index (χ2v) is 6.97. The summed E-state index contributed by atoms with van der Waals surface area (Å²) in [6.45, 7) is 5.40. The number of hydrogen-bond donors (Lipinski definition) is 0. The molecule has 1 aromatic carbocycles. The van der Waals surface area contributed by atoms with Crippen LogP contribution >= 0.6 is 23.2 Å². The molecule has 134 valence electrons. The molecule has 3 rings (SSSR count). The van der Waals surface area contributed by atoms with E-state index < -0.39 is 0 Å². The molecule has 1 saturated heterocycles. The summed E-state index contributed by atoms with van der Waals surface area (Å²) >= 11 is 12.1. The minimum absolute atomic E-state index is 0.175. The maximum absolute atomic E-state index is 11.3. The summed E-state index contributed by atoms with van der Waals surface area (Å²) in [4.78, 5) is 24.9. The summed E-state index contributed by atoms with van der Waals surface area (Å²) in [5, 5.41) is 0.949. The number of aromatic nitrogens is 2. The highest BCUT2D eigenvalue weighted by Gasteiger charge is 2.25. The Kier molecular flexibility index (Phi) is 5.61. The van der Waals surface area contributed by atoms with Crippen LogP contribution < -0.4 is 4.90 Å². The molecule has 1 unspecified atom stereocenters. The molecule has 0 amide bonds. The number of carbonyl (C=O) groups excluding carboxylic acids is 1. The van der Waals surface area contributed by atoms with Crippen LogP contribution in [0.5, 0.6) is 0 Å². The number of halogens is 2. The lowest BCUT2D eigenvalue weighted by atomic mass is 10.2. The van der Waals surface area contributed by atoms with Crippen molar-refractivity contribution in [2.24, 2.45) is 0 Å². The van der Waals surface area contributed by atoms with E-state index >= 15 is 0 Å². The number of hydrogen-bond acceptors (Lipinski definition) is 6. The van der Waals surface area contributed by atoms with Crippen molar-refractivity contribution in [3.8, 4) is 0 Å². The second-order valence-electron chi connectivity index (χ2n) is 6.15. The zero-order chi connectivity index (χ0) is 18.0. The Bertz CT molecular complexity index is 787. The van der Waals surface area contributed by atoms with Crippen LogP contribution in [0.3, 0.4) is 0 Å². The fraction of sp³-hybridized carbons (Fsp3) is 0.471. The molecular weight excluding hydrogens is 363 g/mol. The van der Waals surface area contributed by atoms with Gasteiger partial charge in [0.25, 0.3) is 0 Å². The van der Waals surface area contributed by atoms with E-state index in [0.29, 0.717) is 23.0 Å².